The molecule has 0 radical (unpaired) electrons. The molecule has 1 unspecified atom stereocenters. The maximum atomic E-state index is 11.6. The largest absolute Gasteiger partial charge is 0.339 e. The topological polar surface area (TPSA) is 29.1 Å². The van der Waals surface area contributed by atoms with Crippen LogP contribution in [0.15, 0.2) is 29.2 Å². The second-order valence-electron chi connectivity index (χ2n) is 2.88. The third kappa shape index (κ3) is 2.54. The van der Waals surface area contributed by atoms with Gasteiger partial charge in [-0.25, -0.2) is 0 Å². The Morgan fingerprint density at radius 2 is 2.21 bits per heavy atom. The van der Waals surface area contributed by atoms with Gasteiger partial charge >= 0.3 is 0 Å². The van der Waals surface area contributed by atoms with Gasteiger partial charge in [0.1, 0.15) is 0 Å². The normalized spacial score (nSPS) is 11.5. The molecule has 0 heterocycles. The first-order valence-electron chi connectivity index (χ1n) is 4.20. The zero-order chi connectivity index (χ0) is 10.6. The van der Waals surface area contributed by atoms with Crippen molar-refractivity contribution in [1.29, 1.82) is 0 Å². The van der Waals surface area contributed by atoms with Crippen molar-refractivity contribution in [3.63, 3.8) is 0 Å². The first-order chi connectivity index (χ1) is 6.65. The second-order valence-corrected chi connectivity index (χ2v) is 3.36. The van der Waals surface area contributed by atoms with E-state index in [4.69, 9.17) is 6.42 Å². The van der Waals surface area contributed by atoms with Crippen LogP contribution in [0.4, 0.5) is 0 Å². The number of thiol groups is 1. The van der Waals surface area contributed by atoms with Crippen molar-refractivity contribution in [2.75, 3.05) is 0 Å². The zero-order valence-electron chi connectivity index (χ0n) is 7.82. The second kappa shape index (κ2) is 4.73. The summed E-state index contributed by atoms with van der Waals surface area (Å²) >= 11 is 4.18. The van der Waals surface area contributed by atoms with E-state index in [-0.39, 0.29) is 11.9 Å². The summed E-state index contributed by atoms with van der Waals surface area (Å²) < 4.78 is 0. The highest BCUT2D eigenvalue weighted by molar-refractivity contribution is 7.80. The Labute approximate surface area is 89.1 Å². The number of rotatable bonds is 2. The molecular weight excluding hydrogens is 194 g/mol. The summed E-state index contributed by atoms with van der Waals surface area (Å²) in [5, 5.41) is 2.66. The molecule has 0 bridgehead atoms. The Bertz CT molecular complexity index is 381. The zero-order valence-corrected chi connectivity index (χ0v) is 8.71. The van der Waals surface area contributed by atoms with Gasteiger partial charge in [-0.05, 0) is 19.1 Å². The number of hydrogen-bond acceptors (Lipinski definition) is 2. The third-order valence-electron chi connectivity index (χ3n) is 1.75. The van der Waals surface area contributed by atoms with Crippen molar-refractivity contribution in [2.24, 2.45) is 0 Å². The molecule has 1 atom stereocenters. The highest BCUT2D eigenvalue weighted by Gasteiger charge is 2.09. The molecule has 1 aromatic carbocycles. The van der Waals surface area contributed by atoms with Crippen LogP contribution in [0.1, 0.15) is 17.3 Å². The van der Waals surface area contributed by atoms with Gasteiger partial charge in [0, 0.05) is 4.90 Å². The van der Waals surface area contributed by atoms with Gasteiger partial charge in [-0.3, -0.25) is 4.79 Å². The molecule has 1 rings (SSSR count). The average molecular weight is 205 g/mol. The fourth-order valence-corrected chi connectivity index (χ4v) is 1.24. The van der Waals surface area contributed by atoms with Gasteiger partial charge in [0.15, 0.2) is 0 Å². The summed E-state index contributed by atoms with van der Waals surface area (Å²) in [6.07, 6.45) is 5.15. The van der Waals surface area contributed by atoms with E-state index in [1.807, 2.05) is 6.07 Å². The van der Waals surface area contributed by atoms with Crippen molar-refractivity contribution >= 4 is 18.5 Å². The van der Waals surface area contributed by atoms with Crippen LogP contribution >= 0.6 is 12.6 Å². The molecule has 0 aliphatic heterocycles. The van der Waals surface area contributed by atoms with Gasteiger partial charge in [0.05, 0.1) is 11.6 Å². The van der Waals surface area contributed by atoms with Crippen LogP contribution in [0.2, 0.25) is 0 Å². The molecule has 3 heteroatoms. The van der Waals surface area contributed by atoms with Crippen LogP contribution in [0, 0.1) is 12.3 Å². The molecule has 0 aromatic heterocycles. The van der Waals surface area contributed by atoms with Gasteiger partial charge in [0.25, 0.3) is 5.91 Å². The minimum Gasteiger partial charge on any atom is -0.339 e. The number of benzene rings is 1. The number of carbonyl (C=O) groups excluding carboxylic acids is 1. The molecule has 1 aromatic rings. The van der Waals surface area contributed by atoms with Gasteiger partial charge in [-0.1, -0.05) is 18.1 Å². The number of hydrogen-bond donors (Lipinski definition) is 2. The molecule has 72 valence electrons. The lowest BCUT2D eigenvalue weighted by atomic mass is 10.2. The summed E-state index contributed by atoms with van der Waals surface area (Å²) in [5.74, 6) is 2.23. The van der Waals surface area contributed by atoms with Crippen molar-refractivity contribution < 1.29 is 4.79 Å². The van der Waals surface area contributed by atoms with Crippen molar-refractivity contribution in [3.05, 3.63) is 29.8 Å². The predicted molar refractivity (Wildman–Crippen MR) is 59.5 cm³/mol. The summed E-state index contributed by atoms with van der Waals surface area (Å²) in [4.78, 5) is 12.2. The SMILES string of the molecule is C#CC(C)NC(=O)c1ccccc1S. The Hall–Kier alpha value is -1.40. The Balaban J connectivity index is 2.81. The van der Waals surface area contributed by atoms with Gasteiger partial charge < -0.3 is 5.32 Å². The highest BCUT2D eigenvalue weighted by atomic mass is 32.1. The number of nitrogens with one attached hydrogen (secondary N) is 1. The van der Waals surface area contributed by atoms with E-state index >= 15 is 0 Å². The summed E-state index contributed by atoms with van der Waals surface area (Å²) in [6, 6.07) is 6.81. The number of terminal acetylenes is 1. The molecule has 1 amide bonds. The lowest BCUT2D eigenvalue weighted by Crippen LogP contribution is -2.31. The van der Waals surface area contributed by atoms with Crippen LogP contribution in [0.25, 0.3) is 0 Å². The lowest BCUT2D eigenvalue weighted by molar-refractivity contribution is 0.0945. The predicted octanol–water partition coefficient (Wildman–Crippen LogP) is 1.73. The molecule has 14 heavy (non-hydrogen) atoms. The molecule has 0 saturated heterocycles. The minimum absolute atomic E-state index is 0.193. The van der Waals surface area contributed by atoms with E-state index in [9.17, 15) is 4.79 Å². The Kier molecular flexibility index (Phi) is 3.61. The Morgan fingerprint density at radius 1 is 1.57 bits per heavy atom. The first-order valence-corrected chi connectivity index (χ1v) is 4.65. The molecule has 0 spiro atoms. The highest BCUT2D eigenvalue weighted by Crippen LogP contribution is 2.12. The van der Waals surface area contributed by atoms with Gasteiger partial charge in [0.2, 0.25) is 0 Å². The number of amides is 1. The van der Waals surface area contributed by atoms with Crippen molar-refractivity contribution in [1.82, 2.24) is 5.32 Å². The van der Waals surface area contributed by atoms with Crippen LogP contribution < -0.4 is 5.32 Å². The van der Waals surface area contributed by atoms with Crippen LogP contribution in [0.3, 0.4) is 0 Å². The smallest absolute Gasteiger partial charge is 0.253 e. The Morgan fingerprint density at radius 3 is 2.79 bits per heavy atom. The van der Waals surface area contributed by atoms with Crippen LogP contribution in [-0.4, -0.2) is 11.9 Å². The maximum absolute atomic E-state index is 11.6. The molecule has 0 fully saturated rings. The van der Waals surface area contributed by atoms with Gasteiger partial charge in [-0.2, -0.15) is 0 Å². The standard InChI is InChI=1S/C11H11NOS/c1-3-8(2)12-11(13)9-6-4-5-7-10(9)14/h1,4-8,14H,2H3,(H,12,13). The quantitative estimate of drug-likeness (QED) is 0.559. The summed E-state index contributed by atoms with van der Waals surface area (Å²) in [6.45, 7) is 1.75. The lowest BCUT2D eigenvalue weighted by Gasteiger charge is -2.08. The molecule has 1 N–H and O–H groups in total. The average Bonchev–Trinajstić information content (AvgIpc) is 2.18. The van der Waals surface area contributed by atoms with Crippen LogP contribution in [-0.2, 0) is 0 Å². The number of carbonyl (C=O) groups is 1. The van der Waals surface area contributed by atoms with E-state index in [2.05, 4.69) is 23.9 Å². The summed E-state index contributed by atoms with van der Waals surface area (Å²) in [7, 11) is 0. The van der Waals surface area contributed by atoms with Crippen LogP contribution in [0.5, 0.6) is 0 Å². The van der Waals surface area contributed by atoms with E-state index in [0.717, 1.165) is 0 Å². The maximum Gasteiger partial charge on any atom is 0.253 e. The van der Waals surface area contributed by atoms with E-state index in [1.165, 1.54) is 0 Å². The first kappa shape index (κ1) is 10.7. The molecule has 0 aliphatic rings. The minimum atomic E-state index is -0.268. The van der Waals surface area contributed by atoms with Gasteiger partial charge in [-0.15, -0.1) is 19.1 Å². The molecular formula is C11H11NOS. The van der Waals surface area contributed by atoms with E-state index < -0.39 is 0 Å². The van der Waals surface area contributed by atoms with Crippen molar-refractivity contribution in [2.45, 2.75) is 17.9 Å². The summed E-state index contributed by atoms with van der Waals surface area (Å²) in [5.41, 5.74) is 0.540. The molecule has 2 nitrogen and oxygen atoms in total. The third-order valence-corrected chi connectivity index (χ3v) is 2.14. The fraction of sp³-hybridized carbons (Fsp3) is 0.182. The molecule has 0 saturated carbocycles. The monoisotopic (exact) mass is 205 g/mol. The fourth-order valence-electron chi connectivity index (χ4n) is 0.982. The van der Waals surface area contributed by atoms with E-state index in [1.54, 1.807) is 25.1 Å². The molecule has 0 aliphatic carbocycles. The van der Waals surface area contributed by atoms with Crippen molar-refractivity contribution in [3.8, 4) is 12.3 Å². The van der Waals surface area contributed by atoms with E-state index in [0.29, 0.717) is 10.5 Å².